The Bertz CT molecular complexity index is 757. The van der Waals surface area contributed by atoms with Crippen LogP contribution in [-0.2, 0) is 4.79 Å². The lowest BCUT2D eigenvalue weighted by molar-refractivity contribution is -0.131. The molecule has 5 heteroatoms. The zero-order valence-corrected chi connectivity index (χ0v) is 15.5. The molecule has 0 saturated heterocycles. The van der Waals surface area contributed by atoms with Crippen molar-refractivity contribution in [2.75, 3.05) is 6.54 Å². The topological polar surface area (TPSA) is 62.3 Å². The summed E-state index contributed by atoms with van der Waals surface area (Å²) < 4.78 is 0. The molecule has 1 N–H and O–H groups in total. The lowest BCUT2D eigenvalue weighted by Crippen LogP contribution is -2.57. The Labute approximate surface area is 154 Å². The first-order valence-corrected chi connectivity index (χ1v) is 8.57. The fraction of sp³-hybridized carbons (Fsp3) is 0.286. The third-order valence-corrected chi connectivity index (χ3v) is 4.36. The van der Waals surface area contributed by atoms with Crippen LogP contribution in [0.2, 0.25) is 0 Å². The maximum atomic E-state index is 13.3. The van der Waals surface area contributed by atoms with Crippen molar-refractivity contribution in [1.29, 1.82) is 0 Å². The highest BCUT2D eigenvalue weighted by Gasteiger charge is 2.41. The number of hydrogen-bond acceptors (Lipinski definition) is 3. The number of carbonyl (C=O) groups is 2. The van der Waals surface area contributed by atoms with Crippen LogP contribution < -0.4 is 5.32 Å². The molecule has 0 bridgehead atoms. The van der Waals surface area contributed by atoms with Gasteiger partial charge in [-0.15, -0.1) is 6.58 Å². The van der Waals surface area contributed by atoms with Crippen LogP contribution in [0.25, 0.3) is 0 Å². The molecule has 0 aliphatic rings. The number of carbonyl (C=O) groups excluding carboxylic acids is 2. The monoisotopic (exact) mass is 351 g/mol. The van der Waals surface area contributed by atoms with Gasteiger partial charge in [0, 0.05) is 18.9 Å². The molecule has 2 amide bonds. The van der Waals surface area contributed by atoms with Crippen LogP contribution in [0.4, 0.5) is 0 Å². The van der Waals surface area contributed by atoms with Gasteiger partial charge in [0.25, 0.3) is 5.91 Å². The number of nitrogens with zero attached hydrogens (tertiary/aromatic N) is 2. The molecule has 0 saturated carbocycles. The first kappa shape index (κ1) is 19.4. The molecule has 1 aromatic carbocycles. The molecule has 1 aromatic heterocycles. The van der Waals surface area contributed by atoms with E-state index >= 15 is 0 Å². The third kappa shape index (κ3) is 4.17. The van der Waals surface area contributed by atoms with Crippen LogP contribution in [0.1, 0.15) is 42.7 Å². The normalized spacial score (nSPS) is 12.1. The molecule has 0 aliphatic heterocycles. The van der Waals surface area contributed by atoms with Gasteiger partial charge >= 0.3 is 0 Å². The van der Waals surface area contributed by atoms with Crippen LogP contribution in [0.3, 0.4) is 0 Å². The Morgan fingerprint density at radius 1 is 1.23 bits per heavy atom. The molecule has 1 heterocycles. The Hall–Kier alpha value is -2.95. The quantitative estimate of drug-likeness (QED) is 0.778. The Morgan fingerprint density at radius 2 is 1.92 bits per heavy atom. The second-order valence-electron chi connectivity index (χ2n) is 6.56. The first-order chi connectivity index (χ1) is 12.4. The summed E-state index contributed by atoms with van der Waals surface area (Å²) in [5.74, 6) is -0.481. The predicted octanol–water partition coefficient (Wildman–Crippen LogP) is 3.37. The lowest BCUT2D eigenvalue weighted by atomic mass is 9.94. The SMILES string of the molecule is C=CCNC(=O)C(C)(C)N(C(=O)c1cccnc1)C(C)c1ccccc1. The van der Waals surface area contributed by atoms with Crippen LogP contribution in [0.15, 0.2) is 67.5 Å². The summed E-state index contributed by atoms with van der Waals surface area (Å²) in [5.41, 5.74) is 0.333. The summed E-state index contributed by atoms with van der Waals surface area (Å²) in [6.45, 7) is 9.39. The molecule has 1 unspecified atom stereocenters. The molecule has 2 aromatic rings. The highest BCUT2D eigenvalue weighted by atomic mass is 16.2. The molecule has 5 nitrogen and oxygen atoms in total. The summed E-state index contributed by atoms with van der Waals surface area (Å²) in [7, 11) is 0. The summed E-state index contributed by atoms with van der Waals surface area (Å²) in [4.78, 5) is 31.7. The molecular formula is C21H25N3O2. The van der Waals surface area contributed by atoms with Crippen molar-refractivity contribution in [3.05, 3.63) is 78.6 Å². The number of pyridine rings is 1. The van der Waals surface area contributed by atoms with Gasteiger partial charge in [-0.05, 0) is 38.5 Å². The van der Waals surface area contributed by atoms with Crippen molar-refractivity contribution >= 4 is 11.8 Å². The fourth-order valence-electron chi connectivity index (χ4n) is 2.91. The van der Waals surface area contributed by atoms with Crippen LogP contribution in [-0.4, -0.2) is 33.8 Å². The van der Waals surface area contributed by atoms with Gasteiger partial charge in [0.15, 0.2) is 0 Å². The molecule has 26 heavy (non-hydrogen) atoms. The van der Waals surface area contributed by atoms with E-state index in [-0.39, 0.29) is 17.9 Å². The minimum atomic E-state index is -1.06. The van der Waals surface area contributed by atoms with E-state index in [0.717, 1.165) is 5.56 Å². The van der Waals surface area contributed by atoms with Crippen molar-refractivity contribution < 1.29 is 9.59 Å². The number of benzene rings is 1. The average molecular weight is 351 g/mol. The molecule has 0 radical (unpaired) electrons. The van der Waals surface area contributed by atoms with Crippen molar-refractivity contribution in [3.8, 4) is 0 Å². The summed E-state index contributed by atoms with van der Waals surface area (Å²) >= 11 is 0. The zero-order valence-electron chi connectivity index (χ0n) is 15.5. The van der Waals surface area contributed by atoms with Gasteiger partial charge in [0.05, 0.1) is 11.6 Å². The number of rotatable bonds is 7. The molecular weight excluding hydrogens is 326 g/mol. The number of hydrogen-bond donors (Lipinski definition) is 1. The molecule has 1 atom stereocenters. The van der Waals surface area contributed by atoms with Gasteiger partial charge in [0.1, 0.15) is 5.54 Å². The summed E-state index contributed by atoms with van der Waals surface area (Å²) in [5, 5.41) is 2.80. The van der Waals surface area contributed by atoms with Gasteiger partial charge in [-0.25, -0.2) is 0 Å². The van der Waals surface area contributed by atoms with Crippen molar-refractivity contribution in [1.82, 2.24) is 15.2 Å². The highest BCUT2D eigenvalue weighted by molar-refractivity contribution is 5.99. The smallest absolute Gasteiger partial charge is 0.256 e. The molecule has 0 spiro atoms. The van der Waals surface area contributed by atoms with Crippen molar-refractivity contribution in [2.24, 2.45) is 0 Å². The lowest BCUT2D eigenvalue weighted by Gasteiger charge is -2.41. The predicted molar refractivity (Wildman–Crippen MR) is 103 cm³/mol. The zero-order chi connectivity index (χ0) is 19.2. The van der Waals surface area contributed by atoms with E-state index in [1.165, 1.54) is 6.20 Å². The van der Waals surface area contributed by atoms with E-state index in [2.05, 4.69) is 16.9 Å². The second-order valence-corrected chi connectivity index (χ2v) is 6.56. The van der Waals surface area contributed by atoms with E-state index in [0.29, 0.717) is 12.1 Å². The van der Waals surface area contributed by atoms with Gasteiger partial charge in [-0.1, -0.05) is 36.4 Å². The minimum Gasteiger partial charge on any atom is -0.351 e. The number of nitrogens with one attached hydrogen (secondary N) is 1. The molecule has 0 aliphatic carbocycles. The Balaban J connectivity index is 2.46. The number of aromatic nitrogens is 1. The summed E-state index contributed by atoms with van der Waals surface area (Å²) in [6.07, 6.45) is 4.75. The minimum absolute atomic E-state index is 0.238. The van der Waals surface area contributed by atoms with E-state index in [4.69, 9.17) is 0 Å². The average Bonchev–Trinajstić information content (AvgIpc) is 2.67. The first-order valence-electron chi connectivity index (χ1n) is 8.57. The van der Waals surface area contributed by atoms with Gasteiger partial charge in [-0.3, -0.25) is 14.6 Å². The number of amides is 2. The highest BCUT2D eigenvalue weighted by Crippen LogP contribution is 2.30. The fourth-order valence-corrected chi connectivity index (χ4v) is 2.91. The van der Waals surface area contributed by atoms with Crippen LogP contribution >= 0.6 is 0 Å². The maximum Gasteiger partial charge on any atom is 0.256 e. The molecule has 136 valence electrons. The van der Waals surface area contributed by atoms with E-state index in [1.807, 2.05) is 37.3 Å². The Kier molecular flexibility index (Phi) is 6.28. The van der Waals surface area contributed by atoms with Gasteiger partial charge < -0.3 is 10.2 Å². The standard InChI is InChI=1S/C21H25N3O2/c1-5-13-23-20(26)21(3,4)24(16(2)17-10-7-6-8-11-17)19(25)18-12-9-14-22-15-18/h5-12,14-16H,1,13H2,2-4H3,(H,23,26). The second kappa shape index (κ2) is 8.43. The van der Waals surface area contributed by atoms with Gasteiger partial charge in [-0.2, -0.15) is 0 Å². The maximum absolute atomic E-state index is 13.3. The van der Waals surface area contributed by atoms with Crippen molar-refractivity contribution in [2.45, 2.75) is 32.4 Å². The van der Waals surface area contributed by atoms with Crippen molar-refractivity contribution in [3.63, 3.8) is 0 Å². The third-order valence-electron chi connectivity index (χ3n) is 4.36. The van der Waals surface area contributed by atoms with Crippen LogP contribution in [0.5, 0.6) is 0 Å². The van der Waals surface area contributed by atoms with E-state index < -0.39 is 5.54 Å². The molecule has 2 rings (SSSR count). The van der Waals surface area contributed by atoms with Crippen LogP contribution in [0, 0.1) is 0 Å². The van der Waals surface area contributed by atoms with Gasteiger partial charge in [0.2, 0.25) is 5.91 Å². The van der Waals surface area contributed by atoms with E-state index in [9.17, 15) is 9.59 Å². The largest absolute Gasteiger partial charge is 0.351 e. The Morgan fingerprint density at radius 3 is 2.50 bits per heavy atom. The molecule has 0 fully saturated rings. The van der Waals surface area contributed by atoms with E-state index in [1.54, 1.807) is 43.2 Å². The summed E-state index contributed by atoms with van der Waals surface area (Å²) in [6, 6.07) is 12.8.